The van der Waals surface area contributed by atoms with Crippen molar-refractivity contribution in [2.45, 2.75) is 26.2 Å². The van der Waals surface area contributed by atoms with E-state index < -0.39 is 36.9 Å². The topological polar surface area (TPSA) is 129 Å². The SMILES string of the molecule is CCCCc1c([N+](=O)[O-])cc([N+](=O)[O-])c(Cl)c1[N+](=O)[O-]. The van der Waals surface area contributed by atoms with Crippen LogP contribution in [0.25, 0.3) is 0 Å². The molecule has 108 valence electrons. The van der Waals surface area contributed by atoms with Crippen molar-refractivity contribution < 1.29 is 14.8 Å². The largest absolute Gasteiger partial charge is 0.304 e. The fourth-order valence-corrected chi connectivity index (χ4v) is 2.05. The summed E-state index contributed by atoms with van der Waals surface area (Å²) in [6.07, 6.45) is 1.18. The number of nitrogens with zero attached hydrogens (tertiary/aromatic N) is 3. The molecule has 0 aliphatic rings. The van der Waals surface area contributed by atoms with Gasteiger partial charge in [0.15, 0.2) is 5.02 Å². The third kappa shape index (κ3) is 2.99. The standard InChI is InChI=1S/C10H10ClN3O6/c1-2-3-4-6-7(12(15)16)5-8(13(17)18)9(11)10(6)14(19)20/h5H,2-4H2,1H3. The van der Waals surface area contributed by atoms with E-state index >= 15 is 0 Å². The van der Waals surface area contributed by atoms with Gasteiger partial charge in [-0.1, -0.05) is 24.9 Å². The van der Waals surface area contributed by atoms with Gasteiger partial charge in [0.2, 0.25) is 0 Å². The summed E-state index contributed by atoms with van der Waals surface area (Å²) in [5.41, 5.74) is -2.44. The van der Waals surface area contributed by atoms with Crippen molar-refractivity contribution in [2.24, 2.45) is 0 Å². The molecule has 10 heteroatoms. The zero-order valence-electron chi connectivity index (χ0n) is 10.4. The molecule has 0 atom stereocenters. The molecular weight excluding hydrogens is 294 g/mol. The first-order chi connectivity index (χ1) is 9.31. The van der Waals surface area contributed by atoms with Crippen LogP contribution in [-0.2, 0) is 6.42 Å². The first-order valence-electron chi connectivity index (χ1n) is 5.59. The molecule has 0 saturated heterocycles. The molecule has 0 N–H and O–H groups in total. The number of hydrogen-bond acceptors (Lipinski definition) is 6. The van der Waals surface area contributed by atoms with Crippen LogP contribution >= 0.6 is 11.6 Å². The number of rotatable bonds is 6. The molecule has 0 radical (unpaired) electrons. The van der Waals surface area contributed by atoms with Crippen molar-refractivity contribution in [2.75, 3.05) is 0 Å². The van der Waals surface area contributed by atoms with Gasteiger partial charge in [-0.3, -0.25) is 30.3 Å². The van der Waals surface area contributed by atoms with Crippen LogP contribution in [0.3, 0.4) is 0 Å². The van der Waals surface area contributed by atoms with Gasteiger partial charge in [0.05, 0.1) is 20.8 Å². The first-order valence-corrected chi connectivity index (χ1v) is 5.97. The normalized spacial score (nSPS) is 10.3. The maximum Gasteiger partial charge on any atom is 0.304 e. The maximum atomic E-state index is 11.0. The Morgan fingerprint density at radius 2 is 1.60 bits per heavy atom. The lowest BCUT2D eigenvalue weighted by Gasteiger charge is -2.05. The Kier molecular flexibility index (Phi) is 4.92. The van der Waals surface area contributed by atoms with Crippen molar-refractivity contribution in [3.8, 4) is 0 Å². The molecule has 0 heterocycles. The Labute approximate surface area is 117 Å². The summed E-state index contributed by atoms with van der Waals surface area (Å²) in [5, 5.41) is 32.1. The highest BCUT2D eigenvalue weighted by Gasteiger charge is 2.35. The molecule has 1 aromatic carbocycles. The molecule has 0 aliphatic heterocycles. The summed E-state index contributed by atoms with van der Waals surface area (Å²) < 4.78 is 0. The summed E-state index contributed by atoms with van der Waals surface area (Å²) in [4.78, 5) is 30.0. The Bertz CT molecular complexity index is 589. The molecule has 0 amide bonds. The Morgan fingerprint density at radius 1 is 1.05 bits per heavy atom. The van der Waals surface area contributed by atoms with E-state index in [0.29, 0.717) is 18.9 Å². The lowest BCUT2D eigenvalue weighted by molar-refractivity contribution is -0.404. The average Bonchev–Trinajstić information content (AvgIpc) is 2.34. The van der Waals surface area contributed by atoms with Crippen LogP contribution in [0, 0.1) is 30.3 Å². The Hall–Kier alpha value is -2.29. The molecule has 0 saturated carbocycles. The van der Waals surface area contributed by atoms with Crippen molar-refractivity contribution in [3.63, 3.8) is 0 Å². The van der Waals surface area contributed by atoms with E-state index in [1.54, 1.807) is 0 Å². The lowest BCUT2D eigenvalue weighted by atomic mass is 10.0. The Morgan fingerprint density at radius 3 is 2.00 bits per heavy atom. The van der Waals surface area contributed by atoms with Crippen LogP contribution in [0.1, 0.15) is 25.3 Å². The van der Waals surface area contributed by atoms with E-state index in [1.165, 1.54) is 0 Å². The van der Waals surface area contributed by atoms with Gasteiger partial charge < -0.3 is 0 Å². The van der Waals surface area contributed by atoms with Gasteiger partial charge in [-0.25, -0.2) is 0 Å². The lowest BCUT2D eigenvalue weighted by Crippen LogP contribution is -2.04. The summed E-state index contributed by atoms with van der Waals surface area (Å²) in [6, 6.07) is 0.667. The molecule has 20 heavy (non-hydrogen) atoms. The molecule has 0 unspecified atom stereocenters. The van der Waals surface area contributed by atoms with Gasteiger partial charge in [-0.2, -0.15) is 0 Å². The monoisotopic (exact) mass is 303 g/mol. The number of nitro groups is 3. The van der Waals surface area contributed by atoms with E-state index in [9.17, 15) is 30.3 Å². The Balaban J connectivity index is 3.68. The van der Waals surface area contributed by atoms with Crippen molar-refractivity contribution in [1.82, 2.24) is 0 Å². The highest BCUT2D eigenvalue weighted by atomic mass is 35.5. The summed E-state index contributed by atoms with van der Waals surface area (Å²) in [5.74, 6) is 0. The zero-order chi connectivity index (χ0) is 15.4. The number of halogens is 1. The van der Waals surface area contributed by atoms with Crippen LogP contribution in [0.4, 0.5) is 17.1 Å². The molecule has 0 aromatic heterocycles. The highest BCUT2D eigenvalue weighted by Crippen LogP contribution is 2.42. The minimum atomic E-state index is -0.980. The van der Waals surface area contributed by atoms with Crippen LogP contribution in [0.5, 0.6) is 0 Å². The van der Waals surface area contributed by atoms with Gasteiger partial charge in [-0.05, 0) is 12.8 Å². The van der Waals surface area contributed by atoms with E-state index in [1.807, 2.05) is 6.92 Å². The molecule has 0 fully saturated rings. The second kappa shape index (κ2) is 6.24. The van der Waals surface area contributed by atoms with Gasteiger partial charge in [-0.15, -0.1) is 0 Å². The van der Waals surface area contributed by atoms with Crippen molar-refractivity contribution in [1.29, 1.82) is 0 Å². The molecular formula is C10H10ClN3O6. The van der Waals surface area contributed by atoms with Gasteiger partial charge in [0.1, 0.15) is 5.56 Å². The quantitative estimate of drug-likeness (QED) is 0.584. The van der Waals surface area contributed by atoms with E-state index in [-0.39, 0.29) is 12.0 Å². The molecule has 0 bridgehead atoms. The predicted molar refractivity (Wildman–Crippen MR) is 70.0 cm³/mol. The minimum Gasteiger partial charge on any atom is -0.258 e. The third-order valence-electron chi connectivity index (χ3n) is 2.66. The zero-order valence-corrected chi connectivity index (χ0v) is 11.1. The average molecular weight is 304 g/mol. The summed E-state index contributed by atoms with van der Waals surface area (Å²) in [6.45, 7) is 1.81. The smallest absolute Gasteiger partial charge is 0.258 e. The molecule has 9 nitrogen and oxygen atoms in total. The second-order valence-corrected chi connectivity index (χ2v) is 4.31. The first kappa shape index (κ1) is 15.8. The fraction of sp³-hybridized carbons (Fsp3) is 0.400. The number of hydrogen-bond donors (Lipinski definition) is 0. The maximum absolute atomic E-state index is 11.0. The molecule has 0 aliphatic carbocycles. The molecule has 1 rings (SSSR count). The van der Waals surface area contributed by atoms with Gasteiger partial charge in [0, 0.05) is 0 Å². The van der Waals surface area contributed by atoms with Crippen LogP contribution in [-0.4, -0.2) is 14.8 Å². The summed E-state index contributed by atoms with van der Waals surface area (Å²) >= 11 is 5.65. The van der Waals surface area contributed by atoms with Crippen LogP contribution in [0.2, 0.25) is 5.02 Å². The van der Waals surface area contributed by atoms with E-state index in [0.717, 1.165) is 0 Å². The van der Waals surface area contributed by atoms with Crippen LogP contribution < -0.4 is 0 Å². The number of benzene rings is 1. The summed E-state index contributed by atoms with van der Waals surface area (Å²) in [7, 11) is 0. The van der Waals surface area contributed by atoms with E-state index in [2.05, 4.69) is 0 Å². The predicted octanol–water partition coefficient (Wildman–Crippen LogP) is 3.41. The van der Waals surface area contributed by atoms with E-state index in [4.69, 9.17) is 11.6 Å². The minimum absolute atomic E-state index is 0.0564. The molecule has 0 spiro atoms. The third-order valence-corrected chi connectivity index (χ3v) is 3.03. The second-order valence-electron chi connectivity index (χ2n) is 3.93. The van der Waals surface area contributed by atoms with Gasteiger partial charge >= 0.3 is 11.4 Å². The highest BCUT2D eigenvalue weighted by molar-refractivity contribution is 6.35. The van der Waals surface area contributed by atoms with Crippen LogP contribution in [0.15, 0.2) is 6.07 Å². The number of unbranched alkanes of at least 4 members (excludes halogenated alkanes) is 1. The number of nitro benzene ring substituents is 3. The van der Waals surface area contributed by atoms with Crippen molar-refractivity contribution >= 4 is 28.7 Å². The fourth-order valence-electron chi connectivity index (χ4n) is 1.74. The van der Waals surface area contributed by atoms with Crippen molar-refractivity contribution in [3.05, 3.63) is 47.0 Å². The molecule has 1 aromatic rings. The van der Waals surface area contributed by atoms with Gasteiger partial charge in [0.25, 0.3) is 5.69 Å².